The van der Waals surface area contributed by atoms with Gasteiger partial charge in [0.15, 0.2) is 5.82 Å². The van der Waals surface area contributed by atoms with Gasteiger partial charge in [0.25, 0.3) is 0 Å². The Morgan fingerprint density at radius 2 is 2.09 bits per heavy atom. The summed E-state index contributed by atoms with van der Waals surface area (Å²) in [5.41, 5.74) is 2.87. The minimum Gasteiger partial charge on any atom is -0.508 e. The van der Waals surface area contributed by atoms with Gasteiger partial charge in [-0.1, -0.05) is 37.3 Å². The lowest BCUT2D eigenvalue weighted by Crippen LogP contribution is -2.62. The monoisotopic (exact) mass is 622 g/mol. The predicted octanol–water partition coefficient (Wildman–Crippen LogP) is 5.52. The summed E-state index contributed by atoms with van der Waals surface area (Å²) in [5, 5.41) is 16.7. The minimum atomic E-state index is -0.576. The number of anilines is 1. The molecule has 5 aliphatic heterocycles. The second-order valence-electron chi connectivity index (χ2n) is 14.0. The Morgan fingerprint density at radius 1 is 1.20 bits per heavy atom. The summed E-state index contributed by atoms with van der Waals surface area (Å²) in [7, 11) is 0. The van der Waals surface area contributed by atoms with Crippen molar-refractivity contribution in [1.82, 2.24) is 25.2 Å². The number of pyridine rings is 1. The summed E-state index contributed by atoms with van der Waals surface area (Å²) in [6, 6.07) is 9.92. The molecule has 5 atom stereocenters. The molecule has 0 aliphatic carbocycles. The molecule has 2 aromatic carbocycles. The van der Waals surface area contributed by atoms with Crippen molar-refractivity contribution >= 4 is 27.5 Å². The van der Waals surface area contributed by atoms with Gasteiger partial charge < -0.3 is 24.8 Å². The molecule has 0 amide bonds. The van der Waals surface area contributed by atoms with E-state index in [4.69, 9.17) is 24.4 Å². The second kappa shape index (κ2) is 10.2. The van der Waals surface area contributed by atoms with E-state index in [-0.39, 0.29) is 46.7 Å². The number of aromatic nitrogens is 3. The summed E-state index contributed by atoms with van der Waals surface area (Å²) < 4.78 is 30.3. The van der Waals surface area contributed by atoms with Crippen LogP contribution in [-0.2, 0) is 6.42 Å². The van der Waals surface area contributed by atoms with Crippen LogP contribution in [0, 0.1) is 5.82 Å². The summed E-state index contributed by atoms with van der Waals surface area (Å²) in [6.07, 6.45) is 5.64. The molecule has 4 fully saturated rings. The number of fused-ring (bicyclic) bond motifs is 7. The molecule has 238 valence electrons. The zero-order valence-electron chi connectivity index (χ0n) is 26.4. The van der Waals surface area contributed by atoms with Crippen LogP contribution in [0.2, 0.25) is 0 Å². The van der Waals surface area contributed by atoms with Crippen LogP contribution in [0.25, 0.3) is 32.9 Å². The van der Waals surface area contributed by atoms with E-state index in [2.05, 4.69) is 35.5 Å². The molecule has 2 aromatic heterocycles. The van der Waals surface area contributed by atoms with Gasteiger partial charge >= 0.3 is 6.01 Å². The summed E-state index contributed by atoms with van der Waals surface area (Å²) in [4.78, 5) is 19.5. The first-order valence-electron chi connectivity index (χ1n) is 16.7. The normalized spacial score (nSPS) is 28.4. The lowest BCUT2D eigenvalue weighted by molar-refractivity contribution is 0.108. The van der Waals surface area contributed by atoms with Gasteiger partial charge in [-0.05, 0) is 80.5 Å². The van der Waals surface area contributed by atoms with Crippen molar-refractivity contribution in [2.75, 3.05) is 31.1 Å². The third-order valence-electron chi connectivity index (χ3n) is 11.1. The number of aryl methyl sites for hydroxylation is 1. The first-order valence-corrected chi connectivity index (χ1v) is 16.7. The SMILES string of the molecule is C=C1CN2CCC[C@@]2(COc2nc3c4c(nc(-c5cc(O)cc6cccc(CC)c56)c(F)c4n2)O[C@@H](C)[C@@H]2[C@@H]4CC[C@H](CN32)N4)C1. The van der Waals surface area contributed by atoms with Crippen LogP contribution in [0.4, 0.5) is 10.2 Å². The lowest BCUT2D eigenvalue weighted by Gasteiger charge is -2.42. The molecule has 9 nitrogen and oxygen atoms in total. The molecule has 2 N–H and O–H groups in total. The average molecular weight is 623 g/mol. The van der Waals surface area contributed by atoms with Gasteiger partial charge in [0.1, 0.15) is 40.9 Å². The number of ether oxygens (including phenoxy) is 2. The molecule has 0 spiro atoms. The zero-order chi connectivity index (χ0) is 31.3. The van der Waals surface area contributed by atoms with Crippen molar-refractivity contribution in [3.05, 3.63) is 53.9 Å². The van der Waals surface area contributed by atoms with Gasteiger partial charge in [-0.2, -0.15) is 9.97 Å². The lowest BCUT2D eigenvalue weighted by atomic mass is 9.94. The summed E-state index contributed by atoms with van der Waals surface area (Å²) in [6.45, 7) is 11.5. The topological polar surface area (TPSA) is 95.9 Å². The van der Waals surface area contributed by atoms with Crippen LogP contribution in [0.1, 0.15) is 51.5 Å². The van der Waals surface area contributed by atoms with E-state index in [1.807, 2.05) is 18.2 Å². The molecule has 46 heavy (non-hydrogen) atoms. The van der Waals surface area contributed by atoms with E-state index in [0.717, 1.165) is 74.5 Å². The van der Waals surface area contributed by atoms with Gasteiger partial charge in [0, 0.05) is 30.7 Å². The highest BCUT2D eigenvalue weighted by Crippen LogP contribution is 2.46. The molecular weight excluding hydrogens is 583 g/mol. The minimum absolute atomic E-state index is 0.0132. The van der Waals surface area contributed by atoms with E-state index < -0.39 is 5.82 Å². The van der Waals surface area contributed by atoms with Crippen molar-refractivity contribution in [1.29, 1.82) is 0 Å². The molecule has 0 saturated carbocycles. The maximum atomic E-state index is 17.2. The highest BCUT2D eigenvalue weighted by molar-refractivity contribution is 6.03. The maximum absolute atomic E-state index is 17.2. The van der Waals surface area contributed by atoms with Gasteiger partial charge in [0.2, 0.25) is 5.88 Å². The van der Waals surface area contributed by atoms with E-state index in [0.29, 0.717) is 35.3 Å². The smallest absolute Gasteiger partial charge is 0.319 e. The van der Waals surface area contributed by atoms with Gasteiger partial charge in [-0.3, -0.25) is 4.90 Å². The third kappa shape index (κ3) is 4.15. The number of benzene rings is 2. The number of nitrogens with one attached hydrogen (secondary N) is 1. The van der Waals surface area contributed by atoms with Crippen molar-refractivity contribution in [2.45, 2.75) is 82.1 Å². The number of hydrogen-bond donors (Lipinski definition) is 2. The maximum Gasteiger partial charge on any atom is 0.319 e. The summed E-state index contributed by atoms with van der Waals surface area (Å²) in [5.74, 6) is 0.395. The van der Waals surface area contributed by atoms with Crippen LogP contribution in [0.15, 0.2) is 42.5 Å². The first-order chi connectivity index (χ1) is 22.3. The number of rotatable bonds is 5. The van der Waals surface area contributed by atoms with Crippen molar-refractivity contribution in [3.8, 4) is 28.9 Å². The van der Waals surface area contributed by atoms with E-state index in [1.54, 1.807) is 12.1 Å². The van der Waals surface area contributed by atoms with Crippen LogP contribution in [0.5, 0.6) is 17.6 Å². The summed E-state index contributed by atoms with van der Waals surface area (Å²) >= 11 is 0. The Hall–Kier alpha value is -4.02. The Morgan fingerprint density at radius 3 is 2.96 bits per heavy atom. The fourth-order valence-corrected chi connectivity index (χ4v) is 9.15. The van der Waals surface area contributed by atoms with Crippen LogP contribution in [-0.4, -0.2) is 81.0 Å². The Kier molecular flexibility index (Phi) is 6.28. The highest BCUT2D eigenvalue weighted by Gasteiger charge is 2.48. The van der Waals surface area contributed by atoms with Crippen LogP contribution < -0.4 is 19.7 Å². The molecule has 2 bridgehead atoms. The number of nitrogens with zero attached hydrogens (tertiary/aromatic N) is 5. The average Bonchev–Trinajstić information content (AvgIpc) is 3.68. The third-order valence-corrected chi connectivity index (χ3v) is 11.1. The fraction of sp³-hybridized carbons (Fsp3) is 0.472. The number of hydrogen-bond acceptors (Lipinski definition) is 9. The number of aromatic hydroxyl groups is 1. The second-order valence-corrected chi connectivity index (χ2v) is 14.0. The zero-order valence-corrected chi connectivity index (χ0v) is 26.4. The molecule has 9 rings (SSSR count). The molecule has 7 heterocycles. The van der Waals surface area contributed by atoms with E-state index in [9.17, 15) is 5.11 Å². The number of piperazine rings is 1. The fourth-order valence-electron chi connectivity index (χ4n) is 9.15. The van der Waals surface area contributed by atoms with E-state index in [1.165, 1.54) is 5.57 Å². The van der Waals surface area contributed by atoms with Crippen molar-refractivity contribution in [2.24, 2.45) is 0 Å². The largest absolute Gasteiger partial charge is 0.508 e. The molecular formula is C36H39FN6O3. The van der Waals surface area contributed by atoms with Crippen molar-refractivity contribution in [3.63, 3.8) is 0 Å². The van der Waals surface area contributed by atoms with E-state index >= 15 is 4.39 Å². The van der Waals surface area contributed by atoms with Crippen molar-refractivity contribution < 1.29 is 19.0 Å². The predicted molar refractivity (Wildman–Crippen MR) is 175 cm³/mol. The Labute approximate surface area is 267 Å². The highest BCUT2D eigenvalue weighted by atomic mass is 19.1. The molecule has 4 aromatic rings. The first kappa shape index (κ1) is 28.2. The van der Waals surface area contributed by atoms with Gasteiger partial charge in [0.05, 0.1) is 11.6 Å². The van der Waals surface area contributed by atoms with Gasteiger partial charge in [-0.25, -0.2) is 9.37 Å². The number of phenols is 1. The number of phenolic OH excluding ortho intramolecular Hbond substituents is 1. The molecule has 0 unspecified atom stereocenters. The molecule has 10 heteroatoms. The van der Waals surface area contributed by atoms with Crippen LogP contribution >= 0.6 is 0 Å². The standard InChI is InChI=1S/C36H39FN6O3/c1-4-21-7-5-8-22-13-24(44)14-25(27(21)22)30-29(37)31-28-33(41-35(40-31)45-18-36-11-6-12-42(36)16-19(2)15-36)43-17-23-9-10-26(38-23)32(43)20(3)46-34(28)39-30/h5,7-8,13-14,20,23,26,32,38,44H,2,4,6,9-12,15-18H2,1,3H3/t20-,23+,26-,32+,36-/m0/s1. The molecule has 5 aliphatic rings. The Balaban J connectivity index is 1.25. The Bertz CT molecular complexity index is 1930. The van der Waals surface area contributed by atoms with Gasteiger partial charge in [-0.15, -0.1) is 0 Å². The number of halogens is 1. The quantitative estimate of drug-likeness (QED) is 0.279. The molecule has 0 radical (unpaired) electrons. The molecule has 4 saturated heterocycles. The van der Waals surface area contributed by atoms with Crippen LogP contribution in [0.3, 0.4) is 0 Å².